The number of amides is 1. The first-order valence-electron chi connectivity index (χ1n) is 31.6. The number of rotatable bonds is 39. The number of ether oxygens (including phenoxy) is 4. The van der Waals surface area contributed by atoms with E-state index in [2.05, 4.69) is 138 Å². The van der Waals surface area contributed by atoms with Crippen LogP contribution < -0.4 is 11.1 Å². The summed E-state index contributed by atoms with van der Waals surface area (Å²) < 4.78 is 21.5. The molecule has 19 heteroatoms. The van der Waals surface area contributed by atoms with Crippen LogP contribution in [0.25, 0.3) is 0 Å². The molecule has 0 spiro atoms. The highest BCUT2D eigenvalue weighted by Gasteiger charge is 2.46. The molecule has 2 saturated heterocycles. The first-order chi connectivity index (χ1) is 43.1. The second-order valence-corrected chi connectivity index (χ2v) is 21.9. The summed E-state index contributed by atoms with van der Waals surface area (Å²) in [6.07, 6.45) is 9.50. The fraction of sp³-hybridized carbons (Fsp3) is 0.700. The quantitative estimate of drug-likeness (QED) is 0.0217. The van der Waals surface area contributed by atoms with Crippen LogP contribution in [0, 0.1) is 118 Å². The number of nitrogens with one attached hydrogen (secondary N) is 1. The molecule has 0 aromatic carbocycles. The van der Waals surface area contributed by atoms with Crippen molar-refractivity contribution in [1.82, 2.24) is 5.32 Å². The number of carbonyl (C=O) groups is 1. The molecule has 4 unspecified atom stereocenters. The van der Waals surface area contributed by atoms with Gasteiger partial charge in [0, 0.05) is 46.3 Å². The van der Waals surface area contributed by atoms with Crippen molar-refractivity contribution in [1.29, 1.82) is 0 Å². The fourth-order valence-electron chi connectivity index (χ4n) is 9.28. The second kappa shape index (κ2) is 54.2. The summed E-state index contributed by atoms with van der Waals surface area (Å²) in [6.45, 7) is 4.18. The Morgan fingerprint density at radius 1 is 0.438 bits per heavy atom. The van der Waals surface area contributed by atoms with E-state index >= 15 is 0 Å². The number of unbranched alkanes of at least 4 members (excludes halogenated alkanes) is 22. The van der Waals surface area contributed by atoms with E-state index in [4.69, 9.17) is 24.7 Å². The number of aliphatic hydroxyl groups excluding tert-OH is 12. The molecule has 0 aromatic heterocycles. The van der Waals surface area contributed by atoms with E-state index in [0.717, 1.165) is 38.5 Å². The maximum atomic E-state index is 12.6. The van der Waals surface area contributed by atoms with E-state index in [1.54, 1.807) is 6.92 Å². The van der Waals surface area contributed by atoms with Crippen LogP contribution in [0.4, 0.5) is 0 Å². The zero-order chi connectivity index (χ0) is 65.7. The van der Waals surface area contributed by atoms with Crippen molar-refractivity contribution in [3.63, 3.8) is 0 Å². The smallest absolute Gasteiger partial charge is 0.297 e. The molecule has 2 fully saturated rings. The molecule has 2 aliphatic heterocycles. The molecule has 1 amide bonds. The molecule has 532 valence electrons. The van der Waals surface area contributed by atoms with Crippen molar-refractivity contribution in [2.24, 2.45) is 5.73 Å². The van der Waals surface area contributed by atoms with Crippen LogP contribution in [0.5, 0.6) is 0 Å². The molecule has 2 rings (SSSR count). The van der Waals surface area contributed by atoms with Gasteiger partial charge in [-0.1, -0.05) is 174 Å². The third kappa shape index (κ3) is 38.6. The van der Waals surface area contributed by atoms with Crippen LogP contribution in [-0.2, 0) is 23.7 Å². The Morgan fingerprint density at radius 2 is 0.742 bits per heavy atom. The summed E-state index contributed by atoms with van der Waals surface area (Å²) >= 11 is 0. The predicted octanol–water partition coefficient (Wildman–Crippen LogP) is 7.02. The largest absolute Gasteiger partial charge is 0.394 e. The van der Waals surface area contributed by atoms with E-state index in [9.17, 15) is 66.1 Å². The van der Waals surface area contributed by atoms with Crippen LogP contribution in [-0.4, -0.2) is 192 Å². The number of hydrogen-bond acceptors (Lipinski definition) is 18. The van der Waals surface area contributed by atoms with Crippen LogP contribution in [0.3, 0.4) is 0 Å². The standard InChI is InChI=1S/C46H51NO9.C24H49NO8.20H2/c1-3-5-7-9-11-13-15-17-18-19-20-21-22-23-25-27-29-31-33-35-41(50)47-38(37-55-46-45(54)44(53)43(52)40(36-48)56-46)42(51)39(49)34-32-30-28-26-24-16-14-12-10-8-6-4-2;1-2-3-4-5-6-7-8-9-10-11-12-13-14-18(27)20(28)17(25)16-32-24-23(31)22(30)21(29)19(15-26)33-24;;;;;;;;;;;;;;;;;;;;/h38-40,42-46,48-49,51-54H,4,6,8,10,12,14,16,24,26,28,30,32,34,36-37H2,1-2H3,(H,47,50);17-24,26-31H,2-16,25H2,1H3;20*1H/t38-,39+,40?,42-,43-,44-,45?,46-;17-,18+,19?,20-,21-,22-,23?,24-;;;;;;;;;;;;;;;;;;;;/m00..................../s1. The summed E-state index contributed by atoms with van der Waals surface area (Å²) in [7, 11) is 0. The SMILES string of the molecule is CC#CC#CC#CC#CC#CC#CC#CC#CC#CC#CC(=O)N[C@@H](CO[C@H]1OC(CO)[C@H](O)[C@H](O)C1O)[C@H](O)[C@H](O)CCCCCCCCCCCCCC.CCCCCCCCCCCCCC[C@@H](O)[C@@H](O)[C@@H](N)CO[C@H]1OC(CO)[C@H](O)[C@H](O)C1O.[HH].[HH].[HH].[HH].[HH].[HH].[HH].[HH].[HH].[HH].[HH].[HH].[HH].[HH].[HH].[HH].[HH].[HH].[HH].[HH]. The molecule has 2 aliphatic rings. The van der Waals surface area contributed by atoms with Crippen molar-refractivity contribution < 1.29 is 114 Å². The second-order valence-electron chi connectivity index (χ2n) is 21.9. The van der Waals surface area contributed by atoms with Gasteiger partial charge in [-0.05, 0) is 114 Å². The van der Waals surface area contributed by atoms with E-state index in [-0.39, 0.29) is 41.6 Å². The Bertz CT molecular complexity index is 2680. The van der Waals surface area contributed by atoms with E-state index in [0.29, 0.717) is 12.8 Å². The van der Waals surface area contributed by atoms with Gasteiger partial charge in [-0.25, -0.2) is 0 Å². The van der Waals surface area contributed by atoms with Gasteiger partial charge < -0.3 is 91.3 Å². The molecule has 89 heavy (non-hydrogen) atoms. The summed E-state index contributed by atoms with van der Waals surface area (Å²) in [6, 6.07) is -2.15. The minimum Gasteiger partial charge on any atom is -0.394 e. The average molecular weight is 1280 g/mol. The van der Waals surface area contributed by atoms with Gasteiger partial charge in [0.05, 0.1) is 56.8 Å². The molecular formula is C70H140N2O17. The zero-order valence-corrected chi connectivity index (χ0v) is 52.4. The van der Waals surface area contributed by atoms with E-state index in [1.165, 1.54) is 109 Å². The molecule has 0 aromatic rings. The van der Waals surface area contributed by atoms with Gasteiger partial charge >= 0.3 is 0 Å². The summed E-state index contributed by atoms with van der Waals surface area (Å²) in [5, 5.41) is 123. The van der Waals surface area contributed by atoms with Gasteiger partial charge in [0.1, 0.15) is 54.9 Å². The normalized spacial score (nSPS) is 22.4. The fourth-order valence-corrected chi connectivity index (χ4v) is 9.28. The molecular weight excluding hydrogens is 1140 g/mol. The summed E-state index contributed by atoms with van der Waals surface area (Å²) in [5.74, 6) is 48.4. The van der Waals surface area contributed by atoms with Crippen molar-refractivity contribution in [2.45, 2.75) is 286 Å². The lowest BCUT2D eigenvalue weighted by Crippen LogP contribution is -2.60. The monoisotopic (exact) mass is 1280 g/mol. The minimum atomic E-state index is -1.70. The molecule has 19 nitrogen and oxygen atoms in total. The van der Waals surface area contributed by atoms with Gasteiger partial charge in [0.2, 0.25) is 0 Å². The average Bonchev–Trinajstić information content (AvgIpc) is 0.826. The van der Waals surface area contributed by atoms with Crippen LogP contribution in [0.1, 0.15) is 216 Å². The predicted molar refractivity (Wildman–Crippen MR) is 380 cm³/mol. The van der Waals surface area contributed by atoms with Crippen LogP contribution in [0.2, 0.25) is 0 Å². The number of hydrogen-bond donors (Lipinski definition) is 14. The molecule has 16 atom stereocenters. The molecule has 2 heterocycles. The highest BCUT2D eigenvalue weighted by atomic mass is 16.7. The van der Waals surface area contributed by atoms with Crippen molar-refractivity contribution in [3.05, 3.63) is 0 Å². The Hall–Kier alpha value is -5.61. The lowest BCUT2D eigenvalue weighted by molar-refractivity contribution is -0.303. The Kier molecular flexibility index (Phi) is 49.5. The maximum Gasteiger partial charge on any atom is 0.297 e. The van der Waals surface area contributed by atoms with Crippen molar-refractivity contribution in [3.8, 4) is 118 Å². The first kappa shape index (κ1) is 81.4. The molecule has 0 aliphatic carbocycles. The number of aliphatic hydroxyl groups is 12. The Balaban J connectivity index is -0.0000000737. The zero-order valence-electron chi connectivity index (χ0n) is 52.4. The minimum absolute atomic E-state index is 0. The molecule has 0 saturated carbocycles. The summed E-state index contributed by atoms with van der Waals surface area (Å²) in [4.78, 5) is 12.6. The molecule has 15 N–H and O–H groups in total. The summed E-state index contributed by atoms with van der Waals surface area (Å²) in [5.41, 5.74) is 5.91. The third-order valence-corrected chi connectivity index (χ3v) is 14.6. The Labute approximate surface area is 560 Å². The van der Waals surface area contributed by atoms with Crippen LogP contribution in [0.15, 0.2) is 0 Å². The topological polar surface area (TPSA) is 335 Å². The number of nitrogens with two attached hydrogens (primary N) is 1. The lowest BCUT2D eigenvalue weighted by Gasteiger charge is -2.40. The number of carbonyl (C=O) groups excluding carboxylic acids is 1. The first-order valence-corrected chi connectivity index (χ1v) is 31.6. The molecule has 0 radical (unpaired) electrons. The Morgan fingerprint density at radius 3 is 1.08 bits per heavy atom. The van der Waals surface area contributed by atoms with Gasteiger partial charge in [-0.3, -0.25) is 4.79 Å². The van der Waals surface area contributed by atoms with Gasteiger partial charge in [-0.15, -0.1) is 0 Å². The highest BCUT2D eigenvalue weighted by molar-refractivity contribution is 5.94. The van der Waals surface area contributed by atoms with Gasteiger partial charge in [-0.2, -0.15) is 0 Å². The van der Waals surface area contributed by atoms with Gasteiger partial charge in [0.15, 0.2) is 12.6 Å². The van der Waals surface area contributed by atoms with Crippen molar-refractivity contribution in [2.75, 3.05) is 26.4 Å². The highest BCUT2D eigenvalue weighted by Crippen LogP contribution is 2.25. The van der Waals surface area contributed by atoms with E-state index < -0.39 is 124 Å². The van der Waals surface area contributed by atoms with Gasteiger partial charge in [0.25, 0.3) is 5.91 Å². The van der Waals surface area contributed by atoms with E-state index in [1.807, 2.05) is 0 Å². The van der Waals surface area contributed by atoms with Crippen LogP contribution >= 0.6 is 0 Å². The third-order valence-electron chi connectivity index (χ3n) is 14.6. The molecule has 0 bridgehead atoms. The lowest BCUT2D eigenvalue weighted by atomic mass is 9.98. The maximum absolute atomic E-state index is 12.6. The van der Waals surface area contributed by atoms with Crippen molar-refractivity contribution >= 4 is 5.91 Å².